The van der Waals surface area contributed by atoms with Crippen LogP contribution < -0.4 is 3.32 Å². The number of hydrogen-bond acceptors (Lipinski definition) is 0. The Bertz CT molecular complexity index is 929. The van der Waals surface area contributed by atoms with Crippen LogP contribution in [0.25, 0.3) is 16.7 Å². The summed E-state index contributed by atoms with van der Waals surface area (Å²) in [6.45, 7) is 4.31. The standard InChI is InChI=1S/C21H17.2ClH.Hf/c1-14(2)18-8-5-9-19(18)16-10-11-21-17(13-16)12-15-6-3-4-7-20(15)21;;;/h3-11H,12H2,1-2H3;2*1H;/q;;;+2/p-2. The van der Waals surface area contributed by atoms with Crippen LogP contribution in [0.1, 0.15) is 30.5 Å². The topological polar surface area (TPSA) is 0 Å². The van der Waals surface area contributed by atoms with Crippen molar-refractivity contribution in [2.45, 2.75) is 20.3 Å². The predicted octanol–water partition coefficient (Wildman–Crippen LogP) is 6.10. The van der Waals surface area contributed by atoms with Crippen molar-refractivity contribution in [2.75, 3.05) is 0 Å². The molecule has 0 fully saturated rings. The molecule has 0 radical (unpaired) electrons. The molecule has 24 heavy (non-hydrogen) atoms. The van der Waals surface area contributed by atoms with Crippen molar-refractivity contribution >= 4 is 26.0 Å². The van der Waals surface area contributed by atoms with E-state index in [1.54, 1.807) is 0 Å². The van der Waals surface area contributed by atoms with Crippen molar-refractivity contribution in [1.29, 1.82) is 0 Å². The average Bonchev–Trinajstić information content (AvgIpc) is 3.18. The first-order chi connectivity index (χ1) is 11.6. The SMILES string of the molecule is CC(C)=C1C=CC=C1c1ccc2c([c]1[Hf]([Cl])[Cl])Cc1ccccc1-2. The first-order valence-corrected chi connectivity index (χ1v) is 18.8. The van der Waals surface area contributed by atoms with Crippen LogP contribution in [0.4, 0.5) is 0 Å². The number of fused-ring (bicyclic) bond motifs is 3. The Labute approximate surface area is 158 Å². The summed E-state index contributed by atoms with van der Waals surface area (Å²) in [5.41, 5.74) is 10.5. The number of halogens is 2. The van der Waals surface area contributed by atoms with Crippen molar-refractivity contribution in [3.8, 4) is 11.1 Å². The molecule has 0 atom stereocenters. The molecule has 4 rings (SSSR count). The zero-order chi connectivity index (χ0) is 16.8. The van der Waals surface area contributed by atoms with Gasteiger partial charge in [0.1, 0.15) is 0 Å². The summed E-state index contributed by atoms with van der Waals surface area (Å²) in [4.78, 5) is 0. The number of hydrogen-bond donors (Lipinski definition) is 0. The number of rotatable bonds is 2. The van der Waals surface area contributed by atoms with Crippen LogP contribution in [0.2, 0.25) is 0 Å². The molecule has 2 aromatic carbocycles. The fraction of sp³-hybridized carbons (Fsp3) is 0.143. The Morgan fingerprint density at radius 1 is 0.958 bits per heavy atom. The number of benzene rings is 2. The molecule has 0 bridgehead atoms. The van der Waals surface area contributed by atoms with Gasteiger partial charge in [-0.1, -0.05) is 0 Å². The van der Waals surface area contributed by atoms with Gasteiger partial charge in [-0.15, -0.1) is 0 Å². The molecule has 3 heteroatoms. The van der Waals surface area contributed by atoms with E-state index in [0.29, 0.717) is 0 Å². The van der Waals surface area contributed by atoms with Crippen LogP contribution in [0, 0.1) is 0 Å². The van der Waals surface area contributed by atoms with Gasteiger partial charge in [-0.05, 0) is 0 Å². The summed E-state index contributed by atoms with van der Waals surface area (Å²) in [6, 6.07) is 13.1. The normalized spacial score (nSPS) is 14.5. The molecule has 0 heterocycles. The first-order valence-electron chi connectivity index (χ1n) is 8.07. The van der Waals surface area contributed by atoms with Gasteiger partial charge in [-0.3, -0.25) is 0 Å². The fourth-order valence-electron chi connectivity index (χ4n) is 3.74. The molecular weight excluding hydrogens is 502 g/mol. The van der Waals surface area contributed by atoms with Gasteiger partial charge in [0.05, 0.1) is 0 Å². The molecule has 0 aliphatic heterocycles. The van der Waals surface area contributed by atoms with Crippen LogP contribution in [-0.2, 0) is 25.5 Å². The van der Waals surface area contributed by atoms with Gasteiger partial charge < -0.3 is 0 Å². The minimum atomic E-state index is -2.79. The third kappa shape index (κ3) is 2.62. The summed E-state index contributed by atoms with van der Waals surface area (Å²) in [5.74, 6) is 0. The van der Waals surface area contributed by atoms with E-state index in [4.69, 9.17) is 17.2 Å². The molecule has 0 spiro atoms. The molecule has 0 nitrogen and oxygen atoms in total. The zero-order valence-corrected chi connectivity index (χ0v) is 18.8. The Balaban J connectivity index is 1.94. The average molecular weight is 519 g/mol. The molecular formula is C21H17Cl2Hf. The van der Waals surface area contributed by atoms with Crippen LogP contribution in [0.5, 0.6) is 0 Å². The molecule has 2 aliphatic rings. The van der Waals surface area contributed by atoms with Gasteiger partial charge in [-0.25, -0.2) is 0 Å². The van der Waals surface area contributed by atoms with Crippen molar-refractivity contribution in [3.05, 3.63) is 82.5 Å². The van der Waals surface area contributed by atoms with E-state index >= 15 is 0 Å². The third-order valence-electron chi connectivity index (χ3n) is 4.82. The number of allylic oxidation sites excluding steroid dienone is 6. The van der Waals surface area contributed by atoms with E-state index in [2.05, 4.69) is 68.5 Å². The van der Waals surface area contributed by atoms with E-state index in [1.165, 1.54) is 47.9 Å². The summed E-state index contributed by atoms with van der Waals surface area (Å²) >= 11 is -2.79. The second-order valence-corrected chi connectivity index (χ2v) is 17.9. The quantitative estimate of drug-likeness (QED) is 0.360. The zero-order valence-electron chi connectivity index (χ0n) is 13.7. The van der Waals surface area contributed by atoms with E-state index < -0.39 is 19.1 Å². The van der Waals surface area contributed by atoms with Crippen LogP contribution in [-0.4, -0.2) is 0 Å². The predicted molar refractivity (Wildman–Crippen MR) is 102 cm³/mol. The van der Waals surface area contributed by atoms with Crippen molar-refractivity contribution in [2.24, 2.45) is 0 Å². The molecule has 0 saturated carbocycles. The maximum atomic E-state index is 6.66. The van der Waals surface area contributed by atoms with E-state index in [0.717, 1.165) is 6.42 Å². The Morgan fingerprint density at radius 3 is 2.46 bits per heavy atom. The van der Waals surface area contributed by atoms with Crippen LogP contribution >= 0.6 is 17.2 Å². The maximum absolute atomic E-state index is 6.66. The van der Waals surface area contributed by atoms with Gasteiger partial charge in [0.25, 0.3) is 0 Å². The van der Waals surface area contributed by atoms with Crippen LogP contribution in [0.15, 0.2) is 65.8 Å². The Hall–Kier alpha value is -0.890. The first kappa shape index (κ1) is 16.6. The van der Waals surface area contributed by atoms with E-state index in [1.807, 2.05) is 0 Å². The Kier molecular flexibility index (Phi) is 4.45. The van der Waals surface area contributed by atoms with E-state index in [-0.39, 0.29) is 0 Å². The van der Waals surface area contributed by atoms with Gasteiger partial charge >= 0.3 is 159 Å². The molecule has 0 unspecified atom stereocenters. The summed E-state index contributed by atoms with van der Waals surface area (Å²) in [6.07, 6.45) is 7.45. The van der Waals surface area contributed by atoms with Gasteiger partial charge in [-0.2, -0.15) is 0 Å². The molecule has 0 aromatic heterocycles. The summed E-state index contributed by atoms with van der Waals surface area (Å²) < 4.78 is 1.27. The molecule has 119 valence electrons. The second kappa shape index (κ2) is 6.44. The fourth-order valence-corrected chi connectivity index (χ4v) is 10.4. The molecule has 2 aromatic rings. The van der Waals surface area contributed by atoms with Gasteiger partial charge in [0.15, 0.2) is 0 Å². The Morgan fingerprint density at radius 2 is 1.71 bits per heavy atom. The van der Waals surface area contributed by atoms with Crippen molar-refractivity contribution in [3.63, 3.8) is 0 Å². The van der Waals surface area contributed by atoms with Gasteiger partial charge in [0, 0.05) is 0 Å². The minimum absolute atomic E-state index is 0.952. The third-order valence-corrected chi connectivity index (χ3v) is 11.3. The van der Waals surface area contributed by atoms with Crippen molar-refractivity contribution < 1.29 is 19.1 Å². The molecule has 0 saturated heterocycles. The molecule has 0 N–H and O–H groups in total. The van der Waals surface area contributed by atoms with Gasteiger partial charge in [0.2, 0.25) is 0 Å². The van der Waals surface area contributed by atoms with Crippen molar-refractivity contribution in [1.82, 2.24) is 0 Å². The molecule has 2 aliphatic carbocycles. The second-order valence-electron chi connectivity index (χ2n) is 6.46. The van der Waals surface area contributed by atoms with E-state index in [9.17, 15) is 0 Å². The molecule has 0 amide bonds. The van der Waals surface area contributed by atoms with Crippen LogP contribution in [0.3, 0.4) is 0 Å². The summed E-state index contributed by atoms with van der Waals surface area (Å²) in [5, 5.41) is 0. The summed E-state index contributed by atoms with van der Waals surface area (Å²) in [7, 11) is 13.3. The monoisotopic (exact) mass is 519 g/mol.